The molecule has 4 fully saturated rings. The minimum Gasteiger partial charge on any atom is -0.354 e. The van der Waals surface area contributed by atoms with Gasteiger partial charge in [-0.3, -0.25) is 14.3 Å². The van der Waals surface area contributed by atoms with Crippen LogP contribution in [0, 0.1) is 29.1 Å². The molecule has 1 atom stereocenters. The first kappa shape index (κ1) is 19.5. The molecule has 4 aliphatic carbocycles. The molecule has 6 nitrogen and oxygen atoms in total. The molecule has 5 rings (SSSR count). The van der Waals surface area contributed by atoms with Crippen molar-refractivity contribution >= 4 is 11.8 Å². The van der Waals surface area contributed by atoms with E-state index < -0.39 is 6.04 Å². The Morgan fingerprint density at radius 3 is 2.32 bits per heavy atom. The lowest BCUT2D eigenvalue weighted by molar-refractivity contribution is -0.149. The minimum absolute atomic E-state index is 0.0615. The molecule has 1 heterocycles. The highest BCUT2D eigenvalue weighted by Gasteiger charge is 2.55. The summed E-state index contributed by atoms with van der Waals surface area (Å²) >= 11 is 0. The maximum Gasteiger partial charge on any atom is 0.242 e. The van der Waals surface area contributed by atoms with Crippen molar-refractivity contribution in [3.63, 3.8) is 0 Å². The van der Waals surface area contributed by atoms with E-state index in [0.717, 1.165) is 50.0 Å². The number of nitrogens with zero attached hydrogens (tertiary/aromatic N) is 2. The SMILES string of the molecule is CC(C)C(NC(=O)C12CC3CC(CC(C3)C1)C2)C(=O)NCCCn1cccn1. The van der Waals surface area contributed by atoms with Gasteiger partial charge in [0.2, 0.25) is 11.8 Å². The van der Waals surface area contributed by atoms with Crippen molar-refractivity contribution in [1.29, 1.82) is 0 Å². The second kappa shape index (κ2) is 7.88. The average Bonchev–Trinajstić information content (AvgIpc) is 3.15. The molecule has 4 bridgehead atoms. The number of rotatable bonds is 8. The highest BCUT2D eigenvalue weighted by atomic mass is 16.2. The van der Waals surface area contributed by atoms with Crippen LogP contribution in [0.15, 0.2) is 18.5 Å². The Morgan fingerprint density at radius 1 is 1.14 bits per heavy atom. The van der Waals surface area contributed by atoms with Crippen molar-refractivity contribution in [1.82, 2.24) is 20.4 Å². The fourth-order valence-electron chi connectivity index (χ4n) is 6.21. The first-order chi connectivity index (χ1) is 13.4. The summed E-state index contributed by atoms with van der Waals surface area (Å²) < 4.78 is 1.86. The smallest absolute Gasteiger partial charge is 0.242 e. The van der Waals surface area contributed by atoms with Gasteiger partial charge in [0.05, 0.1) is 0 Å². The summed E-state index contributed by atoms with van der Waals surface area (Å²) in [4.78, 5) is 26.1. The zero-order valence-corrected chi connectivity index (χ0v) is 17.2. The lowest BCUT2D eigenvalue weighted by Gasteiger charge is -2.55. The molecule has 2 amide bonds. The molecule has 1 unspecified atom stereocenters. The molecule has 0 aromatic carbocycles. The molecule has 1 aromatic heterocycles. The fraction of sp³-hybridized carbons (Fsp3) is 0.773. The maximum atomic E-state index is 13.3. The Balaban J connectivity index is 1.31. The van der Waals surface area contributed by atoms with Crippen molar-refractivity contribution in [2.24, 2.45) is 29.1 Å². The van der Waals surface area contributed by atoms with Crippen LogP contribution in [-0.4, -0.2) is 34.2 Å². The van der Waals surface area contributed by atoms with Crippen LogP contribution in [0.4, 0.5) is 0 Å². The molecular weight excluding hydrogens is 352 g/mol. The van der Waals surface area contributed by atoms with E-state index in [2.05, 4.69) is 15.7 Å². The van der Waals surface area contributed by atoms with E-state index in [4.69, 9.17) is 0 Å². The Kier molecular flexibility index (Phi) is 5.48. The van der Waals surface area contributed by atoms with Gasteiger partial charge in [-0.25, -0.2) is 0 Å². The van der Waals surface area contributed by atoms with E-state index in [-0.39, 0.29) is 23.1 Å². The molecule has 0 spiro atoms. The van der Waals surface area contributed by atoms with Gasteiger partial charge in [0.15, 0.2) is 0 Å². The molecule has 4 saturated carbocycles. The van der Waals surface area contributed by atoms with Gasteiger partial charge in [-0.05, 0) is 74.7 Å². The van der Waals surface area contributed by atoms with E-state index in [1.165, 1.54) is 19.3 Å². The number of carbonyl (C=O) groups excluding carboxylic acids is 2. The summed E-state index contributed by atoms with van der Waals surface area (Å²) in [5, 5.41) is 10.3. The maximum absolute atomic E-state index is 13.3. The summed E-state index contributed by atoms with van der Waals surface area (Å²) in [6.45, 7) is 5.39. The van der Waals surface area contributed by atoms with Gasteiger partial charge >= 0.3 is 0 Å². The third-order valence-electron chi connectivity index (χ3n) is 7.18. The van der Waals surface area contributed by atoms with Crippen LogP contribution in [0.1, 0.15) is 58.8 Å². The zero-order chi connectivity index (χ0) is 19.7. The van der Waals surface area contributed by atoms with Crippen LogP contribution in [-0.2, 0) is 16.1 Å². The molecule has 1 aromatic rings. The molecule has 0 aliphatic heterocycles. The lowest BCUT2D eigenvalue weighted by Crippen LogP contribution is -2.58. The van der Waals surface area contributed by atoms with E-state index in [0.29, 0.717) is 6.54 Å². The van der Waals surface area contributed by atoms with Gasteiger partial charge in [0, 0.05) is 30.9 Å². The first-order valence-corrected chi connectivity index (χ1v) is 11.0. The number of hydrogen-bond donors (Lipinski definition) is 2. The van der Waals surface area contributed by atoms with Gasteiger partial charge < -0.3 is 10.6 Å². The third-order valence-corrected chi connectivity index (χ3v) is 7.18. The van der Waals surface area contributed by atoms with E-state index in [1.807, 2.05) is 30.8 Å². The molecule has 28 heavy (non-hydrogen) atoms. The molecule has 154 valence electrons. The van der Waals surface area contributed by atoms with Crippen LogP contribution < -0.4 is 10.6 Å². The number of carbonyl (C=O) groups is 2. The highest BCUT2D eigenvalue weighted by Crippen LogP contribution is 2.60. The van der Waals surface area contributed by atoms with Gasteiger partial charge in [0.1, 0.15) is 6.04 Å². The van der Waals surface area contributed by atoms with E-state index >= 15 is 0 Å². The van der Waals surface area contributed by atoms with Gasteiger partial charge in [-0.1, -0.05) is 13.8 Å². The van der Waals surface area contributed by atoms with E-state index in [9.17, 15) is 9.59 Å². The molecule has 6 heteroatoms. The van der Waals surface area contributed by atoms with Crippen LogP contribution in [0.5, 0.6) is 0 Å². The average molecular weight is 387 g/mol. The number of aromatic nitrogens is 2. The minimum atomic E-state index is -0.454. The molecule has 0 saturated heterocycles. The summed E-state index contributed by atoms with van der Waals surface area (Å²) in [6, 6.07) is 1.44. The Bertz CT molecular complexity index is 662. The Hall–Kier alpha value is -1.85. The van der Waals surface area contributed by atoms with Gasteiger partial charge in [0.25, 0.3) is 0 Å². The normalized spacial score (nSPS) is 31.8. The lowest BCUT2D eigenvalue weighted by atomic mass is 9.49. The molecule has 4 aliphatic rings. The predicted octanol–water partition coefficient (Wildman–Crippen LogP) is 2.75. The van der Waals surface area contributed by atoms with Crippen molar-refractivity contribution in [2.45, 2.75) is 71.4 Å². The quantitative estimate of drug-likeness (QED) is 0.675. The Morgan fingerprint density at radius 2 is 1.79 bits per heavy atom. The summed E-state index contributed by atoms with van der Waals surface area (Å²) in [5.74, 6) is 2.33. The van der Waals surface area contributed by atoms with Crippen molar-refractivity contribution in [2.75, 3.05) is 6.54 Å². The van der Waals surface area contributed by atoms with Crippen molar-refractivity contribution in [3.05, 3.63) is 18.5 Å². The van der Waals surface area contributed by atoms with Crippen LogP contribution >= 0.6 is 0 Å². The summed E-state index contributed by atoms with van der Waals surface area (Å²) in [7, 11) is 0. The highest BCUT2D eigenvalue weighted by molar-refractivity contribution is 5.90. The number of nitrogens with one attached hydrogen (secondary N) is 2. The Labute approximate surface area is 167 Å². The van der Waals surface area contributed by atoms with Gasteiger partial charge in [-0.2, -0.15) is 5.10 Å². The molecular formula is C22H34N4O2. The van der Waals surface area contributed by atoms with Crippen LogP contribution in [0.25, 0.3) is 0 Å². The van der Waals surface area contributed by atoms with Crippen LogP contribution in [0.2, 0.25) is 0 Å². The monoisotopic (exact) mass is 386 g/mol. The second-order valence-electron chi connectivity index (χ2n) is 9.81. The first-order valence-electron chi connectivity index (χ1n) is 11.0. The predicted molar refractivity (Wildman–Crippen MR) is 107 cm³/mol. The molecule has 0 radical (unpaired) electrons. The number of aryl methyl sites for hydroxylation is 1. The molecule has 2 N–H and O–H groups in total. The largest absolute Gasteiger partial charge is 0.354 e. The van der Waals surface area contributed by atoms with Gasteiger partial charge in [-0.15, -0.1) is 0 Å². The van der Waals surface area contributed by atoms with Crippen molar-refractivity contribution < 1.29 is 9.59 Å². The van der Waals surface area contributed by atoms with Crippen molar-refractivity contribution in [3.8, 4) is 0 Å². The summed E-state index contributed by atoms with van der Waals surface area (Å²) in [5.41, 5.74) is -0.206. The fourth-order valence-corrected chi connectivity index (χ4v) is 6.21. The topological polar surface area (TPSA) is 76.0 Å². The third kappa shape index (κ3) is 3.96. The number of hydrogen-bond acceptors (Lipinski definition) is 3. The second-order valence-corrected chi connectivity index (χ2v) is 9.81. The zero-order valence-electron chi connectivity index (χ0n) is 17.2. The standard InChI is InChI=1S/C22H34N4O2/c1-15(2)19(20(27)23-5-3-7-26-8-4-6-24-26)25-21(28)22-12-16-9-17(13-22)11-18(10-16)14-22/h4,6,8,15-19H,3,5,7,9-14H2,1-2H3,(H,23,27)(H,25,28). The number of amides is 2. The van der Waals surface area contributed by atoms with Crippen LogP contribution in [0.3, 0.4) is 0 Å². The summed E-state index contributed by atoms with van der Waals surface area (Å²) in [6.07, 6.45) is 11.5. The van der Waals surface area contributed by atoms with E-state index in [1.54, 1.807) is 6.20 Å².